The maximum absolute atomic E-state index is 11.9. The lowest BCUT2D eigenvalue weighted by atomic mass is 10.5. The van der Waals surface area contributed by atoms with Crippen LogP contribution in [-0.2, 0) is 10.0 Å². The van der Waals surface area contributed by atoms with Crippen molar-refractivity contribution in [1.29, 1.82) is 0 Å². The normalized spacial score (nSPS) is 13.8. The number of sulfonamides is 1. The Morgan fingerprint density at radius 3 is 1.83 bits per heavy atom. The van der Waals surface area contributed by atoms with E-state index < -0.39 is 27.2 Å². The first-order valence-corrected chi connectivity index (χ1v) is 5.09. The van der Waals surface area contributed by atoms with Crippen molar-refractivity contribution >= 4 is 10.0 Å². The molecule has 0 atom stereocenters. The van der Waals surface area contributed by atoms with Crippen molar-refractivity contribution in [2.45, 2.75) is 19.6 Å². The van der Waals surface area contributed by atoms with Gasteiger partial charge in [0.25, 0.3) is 0 Å². The predicted octanol–water partition coefficient (Wildman–Crippen LogP) is 1.18. The summed E-state index contributed by atoms with van der Waals surface area (Å²) in [4.78, 5) is 0. The lowest BCUT2D eigenvalue weighted by Crippen LogP contribution is -2.42. The summed E-state index contributed by atoms with van der Waals surface area (Å²) in [5.74, 6) is 0. The molecule has 0 N–H and O–H groups in total. The SMILES string of the molecule is CCCN(C(F)(F)F)S(C)(=O)=O. The van der Waals surface area contributed by atoms with Crippen LogP contribution in [-0.4, -0.2) is 31.8 Å². The van der Waals surface area contributed by atoms with E-state index in [1.54, 1.807) is 0 Å². The predicted molar refractivity (Wildman–Crippen MR) is 37.9 cm³/mol. The number of rotatable bonds is 3. The summed E-state index contributed by atoms with van der Waals surface area (Å²) in [6, 6.07) is 0. The summed E-state index contributed by atoms with van der Waals surface area (Å²) >= 11 is 0. The highest BCUT2D eigenvalue weighted by Gasteiger charge is 2.42. The molecule has 0 amide bonds. The number of hydrogen-bond donors (Lipinski definition) is 0. The quantitative estimate of drug-likeness (QED) is 0.649. The molecular formula is C5H10F3NO2S. The molecule has 3 nitrogen and oxygen atoms in total. The van der Waals surface area contributed by atoms with Gasteiger partial charge in [0.15, 0.2) is 0 Å². The van der Waals surface area contributed by atoms with E-state index in [1.807, 2.05) is 0 Å². The van der Waals surface area contributed by atoms with E-state index in [4.69, 9.17) is 0 Å². The fourth-order valence-electron chi connectivity index (χ4n) is 0.684. The molecular weight excluding hydrogens is 195 g/mol. The second kappa shape index (κ2) is 3.61. The summed E-state index contributed by atoms with van der Waals surface area (Å²) in [6.07, 6.45) is -4.13. The van der Waals surface area contributed by atoms with Crippen molar-refractivity contribution in [3.63, 3.8) is 0 Å². The Labute approximate surface area is 69.2 Å². The molecule has 0 bridgehead atoms. The van der Waals surface area contributed by atoms with Gasteiger partial charge >= 0.3 is 6.30 Å². The Morgan fingerprint density at radius 1 is 1.33 bits per heavy atom. The third-order valence-electron chi connectivity index (χ3n) is 1.11. The molecule has 0 fully saturated rings. The molecule has 0 unspecified atom stereocenters. The smallest absolute Gasteiger partial charge is 0.212 e. The van der Waals surface area contributed by atoms with Crippen LogP contribution < -0.4 is 0 Å². The Kier molecular flexibility index (Phi) is 3.52. The number of halogens is 3. The topological polar surface area (TPSA) is 37.4 Å². The van der Waals surface area contributed by atoms with Gasteiger partial charge in [-0.15, -0.1) is 4.31 Å². The van der Waals surface area contributed by atoms with Crippen molar-refractivity contribution in [2.24, 2.45) is 0 Å². The minimum Gasteiger partial charge on any atom is -0.212 e. The molecule has 0 radical (unpaired) electrons. The first-order chi connectivity index (χ1) is 5.19. The molecule has 0 saturated heterocycles. The molecule has 0 aromatic heterocycles. The van der Waals surface area contributed by atoms with Crippen LogP contribution >= 0.6 is 0 Å². The van der Waals surface area contributed by atoms with E-state index in [9.17, 15) is 21.6 Å². The zero-order valence-electron chi connectivity index (χ0n) is 6.72. The van der Waals surface area contributed by atoms with Crippen molar-refractivity contribution in [3.8, 4) is 0 Å². The van der Waals surface area contributed by atoms with Gasteiger partial charge in [0.1, 0.15) is 0 Å². The number of hydrogen-bond acceptors (Lipinski definition) is 2. The van der Waals surface area contributed by atoms with Crippen molar-refractivity contribution < 1.29 is 21.6 Å². The second-order valence-corrected chi connectivity index (χ2v) is 4.21. The Balaban J connectivity index is 4.70. The largest absolute Gasteiger partial charge is 0.473 e. The number of alkyl halides is 3. The van der Waals surface area contributed by atoms with Crippen LogP contribution in [0.3, 0.4) is 0 Å². The molecule has 0 spiro atoms. The van der Waals surface area contributed by atoms with E-state index in [1.165, 1.54) is 6.92 Å². The van der Waals surface area contributed by atoms with Gasteiger partial charge in [-0.25, -0.2) is 8.42 Å². The Morgan fingerprint density at radius 2 is 1.75 bits per heavy atom. The first kappa shape index (κ1) is 11.7. The molecule has 0 aliphatic heterocycles. The third-order valence-corrected chi connectivity index (χ3v) is 2.30. The van der Waals surface area contributed by atoms with E-state index in [0.717, 1.165) is 0 Å². The van der Waals surface area contributed by atoms with Gasteiger partial charge in [-0.3, -0.25) is 0 Å². The molecule has 0 aliphatic carbocycles. The van der Waals surface area contributed by atoms with Crippen LogP contribution in [0.5, 0.6) is 0 Å². The van der Waals surface area contributed by atoms with Gasteiger partial charge in [-0.05, 0) is 6.42 Å². The van der Waals surface area contributed by atoms with E-state index in [0.29, 0.717) is 6.26 Å². The molecule has 0 aromatic rings. The standard InChI is InChI=1S/C5H10F3NO2S/c1-3-4-9(5(6,7)8)12(2,10)11/h3-4H2,1-2H3. The van der Waals surface area contributed by atoms with Crippen LogP contribution in [0, 0.1) is 0 Å². The molecule has 12 heavy (non-hydrogen) atoms. The van der Waals surface area contributed by atoms with Crippen molar-refractivity contribution in [1.82, 2.24) is 4.31 Å². The summed E-state index contributed by atoms with van der Waals surface area (Å²) < 4.78 is 56.5. The molecule has 0 aliphatic rings. The zero-order chi connectivity index (χ0) is 9.99. The average molecular weight is 205 g/mol. The number of nitrogens with zero attached hydrogens (tertiary/aromatic N) is 1. The van der Waals surface area contributed by atoms with Gasteiger partial charge in [0.05, 0.1) is 6.26 Å². The van der Waals surface area contributed by atoms with Crippen LogP contribution in [0.1, 0.15) is 13.3 Å². The van der Waals surface area contributed by atoms with E-state index >= 15 is 0 Å². The highest BCUT2D eigenvalue weighted by molar-refractivity contribution is 7.88. The van der Waals surface area contributed by atoms with Crippen LogP contribution in [0.4, 0.5) is 13.2 Å². The van der Waals surface area contributed by atoms with Gasteiger partial charge in [0.2, 0.25) is 10.0 Å². The van der Waals surface area contributed by atoms with Gasteiger partial charge < -0.3 is 0 Å². The van der Waals surface area contributed by atoms with E-state index in [2.05, 4.69) is 0 Å². The van der Waals surface area contributed by atoms with Crippen LogP contribution in [0.2, 0.25) is 0 Å². The van der Waals surface area contributed by atoms with Crippen molar-refractivity contribution in [2.75, 3.05) is 12.8 Å². The molecule has 74 valence electrons. The van der Waals surface area contributed by atoms with E-state index in [-0.39, 0.29) is 6.42 Å². The summed E-state index contributed by atoms with van der Waals surface area (Å²) in [5.41, 5.74) is 0. The second-order valence-electron chi connectivity index (χ2n) is 2.30. The molecule has 0 saturated carbocycles. The fraction of sp³-hybridized carbons (Fsp3) is 1.00. The maximum Gasteiger partial charge on any atom is 0.473 e. The third kappa shape index (κ3) is 3.40. The maximum atomic E-state index is 11.9. The van der Waals surface area contributed by atoms with Crippen LogP contribution in [0.15, 0.2) is 0 Å². The highest BCUT2D eigenvalue weighted by atomic mass is 32.2. The van der Waals surface area contributed by atoms with Crippen LogP contribution in [0.25, 0.3) is 0 Å². The minimum atomic E-state index is -4.80. The average Bonchev–Trinajstić information content (AvgIpc) is 1.77. The zero-order valence-corrected chi connectivity index (χ0v) is 7.54. The molecule has 0 heterocycles. The fourth-order valence-corrected chi connectivity index (χ4v) is 1.57. The summed E-state index contributed by atoms with van der Waals surface area (Å²) in [6.45, 7) is 0.951. The minimum absolute atomic E-state index is 0.132. The molecule has 7 heteroatoms. The first-order valence-electron chi connectivity index (χ1n) is 3.24. The Hall–Kier alpha value is -0.300. The summed E-state index contributed by atoms with van der Waals surface area (Å²) in [7, 11) is -4.18. The summed E-state index contributed by atoms with van der Waals surface area (Å²) in [5, 5.41) is 0. The monoisotopic (exact) mass is 205 g/mol. The van der Waals surface area contributed by atoms with Gasteiger partial charge in [0, 0.05) is 6.54 Å². The van der Waals surface area contributed by atoms with Gasteiger partial charge in [-0.1, -0.05) is 6.92 Å². The van der Waals surface area contributed by atoms with Gasteiger partial charge in [-0.2, -0.15) is 13.2 Å². The highest BCUT2D eigenvalue weighted by Crippen LogP contribution is 2.23. The molecule has 0 aromatic carbocycles. The Bertz CT molecular complexity index is 234. The van der Waals surface area contributed by atoms with Crippen molar-refractivity contribution in [3.05, 3.63) is 0 Å². The lowest BCUT2D eigenvalue weighted by Gasteiger charge is -2.21. The molecule has 0 rings (SSSR count). The lowest BCUT2D eigenvalue weighted by molar-refractivity contribution is -0.209.